The fourth-order valence-corrected chi connectivity index (χ4v) is 2.75. The normalized spacial score (nSPS) is 12.6. The van der Waals surface area contributed by atoms with E-state index < -0.39 is 6.10 Å². The highest BCUT2D eigenvalue weighted by atomic mass is 32.1. The van der Waals surface area contributed by atoms with E-state index in [-0.39, 0.29) is 18.7 Å². The zero-order valence-corrected chi connectivity index (χ0v) is 12.6. The van der Waals surface area contributed by atoms with Crippen LogP contribution in [-0.2, 0) is 17.9 Å². The maximum Gasteiger partial charge on any atom is 0.261 e. The summed E-state index contributed by atoms with van der Waals surface area (Å²) in [6, 6.07) is 5.55. The number of ether oxygens (including phenoxy) is 1. The largest absolute Gasteiger partial charge is 0.389 e. The van der Waals surface area contributed by atoms with E-state index in [0.29, 0.717) is 17.5 Å². The highest BCUT2D eigenvalue weighted by Crippen LogP contribution is 2.10. The predicted octanol–water partition coefficient (Wildman–Crippen LogP) is 1.43. The van der Waals surface area contributed by atoms with Gasteiger partial charge in [0.2, 0.25) is 0 Å². The minimum Gasteiger partial charge on any atom is -0.389 e. The number of hydrogen-bond acceptors (Lipinski definition) is 6. The number of fused-ring (bicyclic) bond motifs is 1. The molecule has 3 rings (SSSR count). The fourth-order valence-electron chi connectivity index (χ4n) is 2.11. The Bertz CT molecular complexity index is 801. The van der Waals surface area contributed by atoms with Crippen LogP contribution in [0.1, 0.15) is 4.88 Å². The Hall–Kier alpha value is -2.09. The smallest absolute Gasteiger partial charge is 0.261 e. The summed E-state index contributed by atoms with van der Waals surface area (Å²) in [5, 5.41) is 12.5. The molecule has 1 unspecified atom stereocenters. The molecule has 3 heterocycles. The molecule has 0 aliphatic carbocycles. The lowest BCUT2D eigenvalue weighted by Crippen LogP contribution is -2.29. The molecule has 1 atom stereocenters. The average Bonchev–Trinajstić information content (AvgIpc) is 3.04. The van der Waals surface area contributed by atoms with Crippen molar-refractivity contribution in [2.75, 3.05) is 6.61 Å². The Balaban J connectivity index is 1.62. The van der Waals surface area contributed by atoms with Crippen molar-refractivity contribution in [1.82, 2.24) is 14.5 Å². The second-order valence-electron chi connectivity index (χ2n) is 4.84. The summed E-state index contributed by atoms with van der Waals surface area (Å²) < 4.78 is 6.84. The molecular formula is C15H15N3O3S. The monoisotopic (exact) mass is 317 g/mol. The van der Waals surface area contributed by atoms with Crippen molar-refractivity contribution < 1.29 is 9.84 Å². The van der Waals surface area contributed by atoms with E-state index >= 15 is 0 Å². The number of pyridine rings is 1. The molecule has 0 radical (unpaired) electrons. The Morgan fingerprint density at radius 3 is 3.14 bits per heavy atom. The number of hydrogen-bond donors (Lipinski definition) is 1. The molecule has 114 valence electrons. The Kier molecular flexibility index (Phi) is 4.57. The number of thiophene rings is 1. The van der Waals surface area contributed by atoms with E-state index in [1.54, 1.807) is 29.8 Å². The summed E-state index contributed by atoms with van der Waals surface area (Å²) in [5.74, 6) is 0. The summed E-state index contributed by atoms with van der Waals surface area (Å²) in [7, 11) is 0. The van der Waals surface area contributed by atoms with Crippen molar-refractivity contribution in [2.45, 2.75) is 19.3 Å². The highest BCUT2D eigenvalue weighted by Gasteiger charge is 2.09. The Morgan fingerprint density at radius 1 is 1.41 bits per heavy atom. The van der Waals surface area contributed by atoms with Gasteiger partial charge in [-0.1, -0.05) is 6.07 Å². The van der Waals surface area contributed by atoms with Crippen LogP contribution in [0.15, 0.2) is 47.1 Å². The molecule has 0 amide bonds. The number of aliphatic hydroxyl groups is 1. The van der Waals surface area contributed by atoms with Crippen LogP contribution in [0, 0.1) is 0 Å². The number of rotatable bonds is 6. The standard InChI is InChI=1S/C15H15N3O3S/c19-11(8-21-9-12-2-1-5-22-12)7-18-10-17-14-6-16-4-3-13(14)15(18)20/h1-6,10-11,19H,7-9H2. The quantitative estimate of drug-likeness (QED) is 0.744. The molecule has 0 spiro atoms. The molecule has 22 heavy (non-hydrogen) atoms. The minimum absolute atomic E-state index is 0.147. The molecule has 0 aliphatic heterocycles. The van der Waals surface area contributed by atoms with Gasteiger partial charge in [0, 0.05) is 11.1 Å². The van der Waals surface area contributed by atoms with E-state index in [4.69, 9.17) is 4.74 Å². The zero-order valence-electron chi connectivity index (χ0n) is 11.8. The zero-order chi connectivity index (χ0) is 15.4. The van der Waals surface area contributed by atoms with Gasteiger partial charge in [0.1, 0.15) is 0 Å². The topological polar surface area (TPSA) is 77.2 Å². The SMILES string of the molecule is O=c1c2ccncc2ncn1CC(O)COCc1cccs1. The molecule has 0 saturated carbocycles. The van der Waals surface area contributed by atoms with Gasteiger partial charge in [-0.25, -0.2) is 4.98 Å². The van der Waals surface area contributed by atoms with Gasteiger partial charge in [0.25, 0.3) is 5.56 Å². The number of aromatic nitrogens is 3. The summed E-state index contributed by atoms with van der Waals surface area (Å²) in [6.07, 6.45) is 3.76. The summed E-state index contributed by atoms with van der Waals surface area (Å²) in [6.45, 7) is 0.776. The van der Waals surface area contributed by atoms with Crippen molar-refractivity contribution in [3.63, 3.8) is 0 Å². The van der Waals surface area contributed by atoms with Crippen molar-refractivity contribution in [2.24, 2.45) is 0 Å². The van der Waals surface area contributed by atoms with Gasteiger partial charge in [0.15, 0.2) is 0 Å². The summed E-state index contributed by atoms with van der Waals surface area (Å²) in [4.78, 5) is 21.5. The summed E-state index contributed by atoms with van der Waals surface area (Å²) in [5.41, 5.74) is 0.358. The van der Waals surface area contributed by atoms with Gasteiger partial charge < -0.3 is 9.84 Å². The Labute approximate surface area is 130 Å². The average molecular weight is 317 g/mol. The molecule has 6 nitrogen and oxygen atoms in total. The summed E-state index contributed by atoms with van der Waals surface area (Å²) >= 11 is 1.60. The molecule has 3 aromatic heterocycles. The molecule has 3 aromatic rings. The van der Waals surface area contributed by atoms with Crippen LogP contribution in [0.25, 0.3) is 10.9 Å². The van der Waals surface area contributed by atoms with Gasteiger partial charge >= 0.3 is 0 Å². The first kappa shape index (κ1) is 14.8. The van der Waals surface area contributed by atoms with Gasteiger partial charge in [-0.15, -0.1) is 11.3 Å². The first-order valence-corrected chi connectivity index (χ1v) is 7.69. The van der Waals surface area contributed by atoms with Crippen molar-refractivity contribution in [1.29, 1.82) is 0 Å². The lowest BCUT2D eigenvalue weighted by molar-refractivity contribution is 0.0207. The van der Waals surface area contributed by atoms with Crippen molar-refractivity contribution in [3.8, 4) is 0 Å². The maximum absolute atomic E-state index is 12.3. The lowest BCUT2D eigenvalue weighted by Gasteiger charge is -2.13. The third-order valence-corrected chi connectivity index (χ3v) is 4.02. The number of aliphatic hydroxyl groups excluding tert-OH is 1. The molecular weight excluding hydrogens is 302 g/mol. The van der Waals surface area contributed by atoms with Crippen LogP contribution in [-0.4, -0.2) is 32.4 Å². The second kappa shape index (κ2) is 6.78. The predicted molar refractivity (Wildman–Crippen MR) is 83.8 cm³/mol. The molecule has 0 bridgehead atoms. The molecule has 0 aliphatic rings. The minimum atomic E-state index is -0.765. The van der Waals surface area contributed by atoms with Crippen LogP contribution >= 0.6 is 11.3 Å². The fraction of sp³-hybridized carbons (Fsp3) is 0.267. The van der Waals surface area contributed by atoms with E-state index in [0.717, 1.165) is 4.88 Å². The first-order chi connectivity index (χ1) is 10.7. The van der Waals surface area contributed by atoms with Gasteiger partial charge in [0.05, 0.1) is 49.3 Å². The van der Waals surface area contributed by atoms with Gasteiger partial charge in [-0.05, 0) is 17.5 Å². The van der Waals surface area contributed by atoms with Gasteiger partial charge in [-0.2, -0.15) is 0 Å². The van der Waals surface area contributed by atoms with Crippen LogP contribution in [0.5, 0.6) is 0 Å². The van der Waals surface area contributed by atoms with Gasteiger partial charge in [-0.3, -0.25) is 14.3 Å². The van der Waals surface area contributed by atoms with E-state index in [1.165, 1.54) is 10.9 Å². The number of nitrogens with zero attached hydrogens (tertiary/aromatic N) is 3. The van der Waals surface area contributed by atoms with Crippen molar-refractivity contribution >= 4 is 22.2 Å². The van der Waals surface area contributed by atoms with Crippen LogP contribution in [0.3, 0.4) is 0 Å². The molecule has 0 saturated heterocycles. The van der Waals surface area contributed by atoms with Crippen molar-refractivity contribution in [3.05, 3.63) is 57.5 Å². The maximum atomic E-state index is 12.3. The molecule has 1 N–H and O–H groups in total. The third-order valence-electron chi connectivity index (χ3n) is 3.17. The van der Waals surface area contributed by atoms with Crippen LogP contribution in [0.4, 0.5) is 0 Å². The molecule has 0 fully saturated rings. The van der Waals surface area contributed by atoms with Crippen LogP contribution < -0.4 is 5.56 Å². The lowest BCUT2D eigenvalue weighted by atomic mass is 10.3. The highest BCUT2D eigenvalue weighted by molar-refractivity contribution is 7.09. The van der Waals surface area contributed by atoms with E-state index in [1.807, 2.05) is 17.5 Å². The molecule has 7 heteroatoms. The molecule has 0 aromatic carbocycles. The first-order valence-electron chi connectivity index (χ1n) is 6.81. The second-order valence-corrected chi connectivity index (χ2v) is 5.88. The third kappa shape index (κ3) is 3.38. The van der Waals surface area contributed by atoms with Crippen LogP contribution in [0.2, 0.25) is 0 Å². The van der Waals surface area contributed by atoms with E-state index in [2.05, 4.69) is 9.97 Å². The Morgan fingerprint density at radius 2 is 2.32 bits per heavy atom. The van der Waals surface area contributed by atoms with E-state index in [9.17, 15) is 9.90 Å².